The van der Waals surface area contributed by atoms with Crippen LogP contribution in [0.25, 0.3) is 0 Å². The van der Waals surface area contributed by atoms with E-state index in [0.29, 0.717) is 16.4 Å². The summed E-state index contributed by atoms with van der Waals surface area (Å²) in [7, 11) is 0. The first-order valence-electron chi connectivity index (χ1n) is 8.15. The Hall–Kier alpha value is -2.86. The van der Waals surface area contributed by atoms with Crippen molar-refractivity contribution in [1.29, 1.82) is 0 Å². The zero-order chi connectivity index (χ0) is 18.5. The molecule has 1 fully saturated rings. The van der Waals surface area contributed by atoms with Crippen molar-refractivity contribution >= 4 is 40.8 Å². The van der Waals surface area contributed by atoms with Gasteiger partial charge in [0.1, 0.15) is 0 Å². The minimum absolute atomic E-state index is 0.0466. The number of hydrogen-bond acceptors (Lipinski definition) is 4. The summed E-state index contributed by atoms with van der Waals surface area (Å²) in [6, 6.07) is 13.2. The van der Waals surface area contributed by atoms with E-state index in [2.05, 4.69) is 10.6 Å². The van der Waals surface area contributed by atoms with Gasteiger partial charge in [0.05, 0.1) is 16.3 Å². The lowest BCUT2D eigenvalue weighted by Crippen LogP contribution is -2.21. The molecule has 0 bridgehead atoms. The van der Waals surface area contributed by atoms with E-state index in [1.807, 2.05) is 0 Å². The number of benzene rings is 2. The maximum Gasteiger partial charge on any atom is 0.338 e. The highest BCUT2D eigenvalue weighted by molar-refractivity contribution is 6.33. The number of anilines is 2. The number of amides is 2. The van der Waals surface area contributed by atoms with Crippen LogP contribution in [0.1, 0.15) is 23.2 Å². The molecular weight excluding hydrogens is 356 g/mol. The van der Waals surface area contributed by atoms with E-state index >= 15 is 0 Å². The fourth-order valence-corrected chi connectivity index (χ4v) is 2.46. The molecule has 2 N–H and O–H groups in total. The molecule has 6 nitrogen and oxygen atoms in total. The third-order valence-electron chi connectivity index (χ3n) is 3.80. The molecule has 0 spiro atoms. The van der Waals surface area contributed by atoms with Crippen molar-refractivity contribution in [1.82, 2.24) is 0 Å². The van der Waals surface area contributed by atoms with Crippen molar-refractivity contribution in [3.63, 3.8) is 0 Å². The molecule has 0 aliphatic heterocycles. The van der Waals surface area contributed by atoms with Gasteiger partial charge >= 0.3 is 5.97 Å². The van der Waals surface area contributed by atoms with Crippen molar-refractivity contribution < 1.29 is 19.1 Å². The zero-order valence-electron chi connectivity index (χ0n) is 13.8. The number of carbonyl (C=O) groups is 3. The van der Waals surface area contributed by atoms with Gasteiger partial charge < -0.3 is 15.4 Å². The van der Waals surface area contributed by atoms with Gasteiger partial charge in [0.15, 0.2) is 6.61 Å². The Balaban J connectivity index is 1.53. The van der Waals surface area contributed by atoms with Gasteiger partial charge in [0.2, 0.25) is 5.91 Å². The Morgan fingerprint density at radius 3 is 2.54 bits per heavy atom. The number of nitrogens with one attached hydrogen (secondary N) is 2. The standard InChI is InChI=1S/C19H17ClN2O4/c20-15-6-1-2-7-16(15)22-17(23)11-26-19(25)13-4-3-5-14(10-13)21-18(24)12-8-9-12/h1-7,10,12H,8-9,11H2,(H,21,24)(H,22,23). The van der Waals surface area contributed by atoms with E-state index in [4.69, 9.17) is 16.3 Å². The van der Waals surface area contributed by atoms with Gasteiger partial charge in [-0.25, -0.2) is 4.79 Å². The molecule has 2 aromatic carbocycles. The van der Waals surface area contributed by atoms with E-state index in [9.17, 15) is 14.4 Å². The summed E-state index contributed by atoms with van der Waals surface area (Å²) in [5, 5.41) is 5.73. The number of hydrogen-bond donors (Lipinski definition) is 2. The molecule has 0 heterocycles. The second-order valence-corrected chi connectivity index (χ2v) is 6.36. The van der Waals surface area contributed by atoms with Crippen LogP contribution < -0.4 is 10.6 Å². The average Bonchev–Trinajstić information content (AvgIpc) is 3.47. The van der Waals surface area contributed by atoms with Crippen LogP contribution in [-0.4, -0.2) is 24.4 Å². The number of ether oxygens (including phenoxy) is 1. The van der Waals surface area contributed by atoms with E-state index in [-0.39, 0.29) is 17.4 Å². The number of halogens is 1. The second-order valence-electron chi connectivity index (χ2n) is 5.95. The SMILES string of the molecule is O=C(COC(=O)c1cccc(NC(=O)C2CC2)c1)Nc1ccccc1Cl. The highest BCUT2D eigenvalue weighted by atomic mass is 35.5. The lowest BCUT2D eigenvalue weighted by atomic mass is 10.2. The summed E-state index contributed by atoms with van der Waals surface area (Å²) in [4.78, 5) is 35.8. The van der Waals surface area contributed by atoms with E-state index < -0.39 is 18.5 Å². The topological polar surface area (TPSA) is 84.5 Å². The summed E-state index contributed by atoms with van der Waals surface area (Å²) in [6.07, 6.45) is 1.79. The Morgan fingerprint density at radius 1 is 1.04 bits per heavy atom. The first-order valence-corrected chi connectivity index (χ1v) is 8.53. The summed E-state index contributed by atoms with van der Waals surface area (Å²) < 4.78 is 5.01. The van der Waals surface area contributed by atoms with Crippen LogP contribution in [0, 0.1) is 5.92 Å². The number of para-hydroxylation sites is 1. The smallest absolute Gasteiger partial charge is 0.338 e. The third kappa shape index (κ3) is 4.83. The predicted molar refractivity (Wildman–Crippen MR) is 98.2 cm³/mol. The molecule has 2 aromatic rings. The van der Waals surface area contributed by atoms with Gasteiger partial charge in [-0.05, 0) is 43.2 Å². The van der Waals surface area contributed by atoms with Gasteiger partial charge in [-0.1, -0.05) is 29.8 Å². The van der Waals surface area contributed by atoms with E-state index in [1.165, 1.54) is 6.07 Å². The Kier molecular flexibility index (Phi) is 5.53. The van der Waals surface area contributed by atoms with Crippen LogP contribution in [0.2, 0.25) is 5.02 Å². The van der Waals surface area contributed by atoms with Crippen molar-refractivity contribution in [2.75, 3.05) is 17.2 Å². The third-order valence-corrected chi connectivity index (χ3v) is 4.13. The molecule has 0 unspecified atom stereocenters. The zero-order valence-corrected chi connectivity index (χ0v) is 14.6. The van der Waals surface area contributed by atoms with Crippen LogP contribution in [0.15, 0.2) is 48.5 Å². The average molecular weight is 373 g/mol. The maximum atomic E-state index is 12.1. The van der Waals surface area contributed by atoms with Crippen molar-refractivity contribution in [2.45, 2.75) is 12.8 Å². The Labute approximate surface area is 155 Å². The molecule has 1 aliphatic carbocycles. The minimum Gasteiger partial charge on any atom is -0.452 e. The highest BCUT2D eigenvalue weighted by Crippen LogP contribution is 2.30. The number of carbonyl (C=O) groups excluding carboxylic acids is 3. The summed E-state index contributed by atoms with van der Waals surface area (Å²) in [5.74, 6) is -1.12. The molecule has 0 aromatic heterocycles. The van der Waals surface area contributed by atoms with Crippen LogP contribution in [-0.2, 0) is 14.3 Å². The molecule has 0 radical (unpaired) electrons. The minimum atomic E-state index is -0.651. The van der Waals surface area contributed by atoms with Crippen LogP contribution >= 0.6 is 11.6 Å². The lowest BCUT2D eigenvalue weighted by molar-refractivity contribution is -0.119. The summed E-state index contributed by atoms with van der Waals surface area (Å²) in [6.45, 7) is -0.442. The quantitative estimate of drug-likeness (QED) is 0.760. The lowest BCUT2D eigenvalue weighted by Gasteiger charge is -2.09. The molecule has 2 amide bonds. The normalized spacial score (nSPS) is 13.0. The number of esters is 1. The Bertz CT molecular complexity index is 849. The molecule has 0 saturated heterocycles. The van der Waals surface area contributed by atoms with Crippen LogP contribution in [0.3, 0.4) is 0 Å². The molecular formula is C19H17ClN2O4. The van der Waals surface area contributed by atoms with Gasteiger partial charge in [-0.2, -0.15) is 0 Å². The summed E-state index contributed by atoms with van der Waals surface area (Å²) in [5.41, 5.74) is 1.22. The molecule has 3 rings (SSSR count). The first-order chi connectivity index (χ1) is 12.5. The molecule has 0 atom stereocenters. The van der Waals surface area contributed by atoms with Gasteiger partial charge in [0.25, 0.3) is 5.91 Å². The fraction of sp³-hybridized carbons (Fsp3) is 0.211. The van der Waals surface area contributed by atoms with E-state index in [1.54, 1.807) is 42.5 Å². The maximum absolute atomic E-state index is 12.1. The van der Waals surface area contributed by atoms with Crippen LogP contribution in [0.5, 0.6) is 0 Å². The first kappa shape index (κ1) is 17.9. The largest absolute Gasteiger partial charge is 0.452 e. The van der Waals surface area contributed by atoms with E-state index in [0.717, 1.165) is 12.8 Å². The fourth-order valence-electron chi connectivity index (χ4n) is 2.28. The molecule has 134 valence electrons. The second kappa shape index (κ2) is 8.01. The van der Waals surface area contributed by atoms with Crippen molar-refractivity contribution in [3.8, 4) is 0 Å². The molecule has 1 saturated carbocycles. The summed E-state index contributed by atoms with van der Waals surface area (Å²) >= 11 is 5.96. The highest BCUT2D eigenvalue weighted by Gasteiger charge is 2.29. The Morgan fingerprint density at radius 2 is 1.81 bits per heavy atom. The van der Waals surface area contributed by atoms with Crippen molar-refractivity contribution in [3.05, 3.63) is 59.1 Å². The monoisotopic (exact) mass is 372 g/mol. The van der Waals surface area contributed by atoms with Gasteiger partial charge in [-0.3, -0.25) is 9.59 Å². The molecule has 7 heteroatoms. The van der Waals surface area contributed by atoms with Crippen molar-refractivity contribution in [2.24, 2.45) is 5.92 Å². The number of rotatable bonds is 6. The molecule has 26 heavy (non-hydrogen) atoms. The van der Waals surface area contributed by atoms with Crippen LogP contribution in [0.4, 0.5) is 11.4 Å². The van der Waals surface area contributed by atoms with Gasteiger partial charge in [-0.15, -0.1) is 0 Å². The molecule has 1 aliphatic rings. The van der Waals surface area contributed by atoms with Gasteiger partial charge in [0, 0.05) is 11.6 Å². The predicted octanol–water partition coefficient (Wildman–Crippen LogP) is 3.48.